The predicted molar refractivity (Wildman–Crippen MR) is 102 cm³/mol. The molecule has 0 radical (unpaired) electrons. The van der Waals surface area contributed by atoms with Gasteiger partial charge in [0.15, 0.2) is 5.78 Å². The fourth-order valence-electron chi connectivity index (χ4n) is 2.54. The van der Waals surface area contributed by atoms with E-state index in [1.54, 1.807) is 30.4 Å². The van der Waals surface area contributed by atoms with E-state index < -0.39 is 19.1 Å². The van der Waals surface area contributed by atoms with Crippen LogP contribution in [-0.2, 0) is 0 Å². The third kappa shape index (κ3) is 7.24. The van der Waals surface area contributed by atoms with E-state index in [-0.39, 0.29) is 24.4 Å². The van der Waals surface area contributed by atoms with Crippen LogP contribution in [0.2, 0.25) is 0 Å². The highest BCUT2D eigenvalue weighted by Gasteiger charge is 2.30. The van der Waals surface area contributed by atoms with Gasteiger partial charge in [-0.15, -0.1) is 13.2 Å². The molecule has 0 fully saturated rings. The molecule has 0 spiro atoms. The van der Waals surface area contributed by atoms with Gasteiger partial charge in [0, 0.05) is 17.5 Å². The van der Waals surface area contributed by atoms with Crippen LogP contribution in [-0.4, -0.2) is 42.2 Å². The van der Waals surface area contributed by atoms with Crippen molar-refractivity contribution in [2.24, 2.45) is 0 Å². The zero-order valence-corrected chi connectivity index (χ0v) is 15.6. The van der Waals surface area contributed by atoms with Crippen molar-refractivity contribution < 1.29 is 37.7 Å². The Labute approximate surface area is 166 Å². The highest BCUT2D eigenvalue weighted by Crippen LogP contribution is 2.25. The number of benzene rings is 2. The maximum absolute atomic E-state index is 12.3. The third-order valence-corrected chi connectivity index (χ3v) is 4.04. The first kappa shape index (κ1) is 22.4. The second-order valence-electron chi connectivity index (χ2n) is 6.21. The number of Topliss-reactive ketones (excluding diaryl/α,β-unsaturated/α-hetero) is 1. The summed E-state index contributed by atoms with van der Waals surface area (Å²) < 4.78 is 45.7. The molecule has 2 aromatic rings. The van der Waals surface area contributed by atoms with Crippen LogP contribution in [0.15, 0.2) is 42.5 Å². The Morgan fingerprint density at radius 3 is 2.41 bits per heavy atom. The minimum Gasteiger partial charge on any atom is -0.496 e. The molecule has 0 amide bonds. The van der Waals surface area contributed by atoms with Crippen molar-refractivity contribution >= 4 is 17.9 Å². The molecule has 29 heavy (non-hydrogen) atoms. The lowest BCUT2D eigenvalue weighted by Gasteiger charge is -2.09. The summed E-state index contributed by atoms with van der Waals surface area (Å²) in [5, 5.41) is 18.2. The summed E-state index contributed by atoms with van der Waals surface area (Å²) >= 11 is 0. The Hall–Kier alpha value is -2.84. The Bertz CT molecular complexity index is 844. The lowest BCUT2D eigenvalue weighted by atomic mass is 10.0. The molecule has 0 aliphatic heterocycles. The van der Waals surface area contributed by atoms with Gasteiger partial charge in [0.2, 0.25) is 0 Å². The van der Waals surface area contributed by atoms with E-state index in [4.69, 9.17) is 9.84 Å². The summed E-state index contributed by atoms with van der Waals surface area (Å²) in [6, 6.07) is 10.2. The number of ketones is 1. The standard InChI is InChI=1S/C21H21F3O5/c1-28-20-11-6-15(19(27)10-7-17(26)13-25)12-16(20)5-2-14-3-8-18(9-4-14)29-21(22,23)24/h2-6,8-9,11-12,17,25-26H,7,10,13H2,1H3/b5-2+/t17-/m0/s1. The first-order valence-electron chi connectivity index (χ1n) is 8.76. The number of hydrogen-bond donors (Lipinski definition) is 2. The highest BCUT2D eigenvalue weighted by atomic mass is 19.4. The van der Waals surface area contributed by atoms with Crippen LogP contribution in [0.4, 0.5) is 13.2 Å². The van der Waals surface area contributed by atoms with Gasteiger partial charge in [-0.1, -0.05) is 24.3 Å². The van der Waals surface area contributed by atoms with E-state index in [0.717, 1.165) is 0 Å². The van der Waals surface area contributed by atoms with Crippen LogP contribution in [0.1, 0.15) is 34.3 Å². The number of hydrogen-bond acceptors (Lipinski definition) is 5. The lowest BCUT2D eigenvalue weighted by Crippen LogP contribution is -2.16. The number of rotatable bonds is 9. The molecule has 0 saturated carbocycles. The first-order chi connectivity index (χ1) is 13.7. The van der Waals surface area contributed by atoms with Crippen LogP contribution in [0.3, 0.4) is 0 Å². The zero-order chi connectivity index (χ0) is 21.4. The van der Waals surface area contributed by atoms with E-state index in [9.17, 15) is 23.1 Å². The SMILES string of the molecule is COc1ccc(C(=O)CC[C@H](O)CO)cc1/C=C/c1ccc(OC(F)(F)F)cc1. The Morgan fingerprint density at radius 1 is 1.14 bits per heavy atom. The maximum atomic E-state index is 12.3. The number of carbonyl (C=O) groups is 1. The minimum absolute atomic E-state index is 0.0812. The molecule has 2 N–H and O–H groups in total. The molecule has 0 unspecified atom stereocenters. The van der Waals surface area contributed by atoms with Gasteiger partial charge in [0.1, 0.15) is 11.5 Å². The van der Waals surface area contributed by atoms with Gasteiger partial charge in [0.25, 0.3) is 0 Å². The molecule has 0 heterocycles. The van der Waals surface area contributed by atoms with Crippen molar-refractivity contribution in [1.29, 1.82) is 0 Å². The second-order valence-corrected chi connectivity index (χ2v) is 6.21. The number of alkyl halides is 3. The molecule has 8 heteroatoms. The van der Waals surface area contributed by atoms with Crippen molar-refractivity contribution in [3.8, 4) is 11.5 Å². The molecule has 5 nitrogen and oxygen atoms in total. The molecule has 0 bridgehead atoms. The molecular weight excluding hydrogens is 389 g/mol. The average Bonchev–Trinajstić information content (AvgIpc) is 2.69. The summed E-state index contributed by atoms with van der Waals surface area (Å²) in [6.45, 7) is -0.406. The molecule has 0 aromatic heterocycles. The lowest BCUT2D eigenvalue weighted by molar-refractivity contribution is -0.274. The van der Waals surface area contributed by atoms with Gasteiger partial charge in [-0.3, -0.25) is 4.79 Å². The number of ether oxygens (including phenoxy) is 2. The highest BCUT2D eigenvalue weighted by molar-refractivity contribution is 5.97. The van der Waals surface area contributed by atoms with Crippen molar-refractivity contribution in [3.05, 3.63) is 59.2 Å². The number of methoxy groups -OCH3 is 1. The topological polar surface area (TPSA) is 76.0 Å². The Kier molecular flexibility index (Phi) is 7.81. The third-order valence-electron chi connectivity index (χ3n) is 4.04. The molecule has 0 saturated heterocycles. The quantitative estimate of drug-likeness (QED) is 0.481. The van der Waals surface area contributed by atoms with Crippen LogP contribution < -0.4 is 9.47 Å². The number of aliphatic hydroxyl groups is 2. The van der Waals surface area contributed by atoms with Crippen LogP contribution >= 0.6 is 0 Å². The van der Waals surface area contributed by atoms with Gasteiger partial charge in [-0.2, -0.15) is 0 Å². The predicted octanol–water partition coefficient (Wildman–Crippen LogP) is 4.08. The summed E-state index contributed by atoms with van der Waals surface area (Å²) in [6.07, 6.45) is -2.11. The van der Waals surface area contributed by atoms with Crippen molar-refractivity contribution in [2.45, 2.75) is 25.3 Å². The number of halogens is 3. The molecule has 1 atom stereocenters. The molecule has 0 aliphatic carbocycles. The van der Waals surface area contributed by atoms with Crippen LogP contribution in [0.5, 0.6) is 11.5 Å². The van der Waals surface area contributed by atoms with E-state index in [1.807, 2.05) is 0 Å². The Morgan fingerprint density at radius 2 is 1.83 bits per heavy atom. The smallest absolute Gasteiger partial charge is 0.496 e. The van der Waals surface area contributed by atoms with E-state index in [1.165, 1.54) is 31.4 Å². The molecule has 156 valence electrons. The molecule has 0 aliphatic rings. The normalized spacial score (nSPS) is 12.8. The summed E-state index contributed by atoms with van der Waals surface area (Å²) in [5.74, 6) is 0.0126. The fraction of sp³-hybridized carbons (Fsp3) is 0.286. The first-order valence-corrected chi connectivity index (χ1v) is 8.76. The van der Waals surface area contributed by atoms with Gasteiger partial charge < -0.3 is 19.7 Å². The van der Waals surface area contributed by atoms with Crippen molar-refractivity contribution in [1.82, 2.24) is 0 Å². The number of aliphatic hydroxyl groups excluding tert-OH is 2. The van der Waals surface area contributed by atoms with Gasteiger partial charge in [-0.05, 0) is 42.3 Å². The van der Waals surface area contributed by atoms with Crippen molar-refractivity contribution in [2.75, 3.05) is 13.7 Å². The van der Waals surface area contributed by atoms with Crippen molar-refractivity contribution in [3.63, 3.8) is 0 Å². The zero-order valence-electron chi connectivity index (χ0n) is 15.6. The Balaban J connectivity index is 2.15. The second kappa shape index (κ2) is 10.1. The van der Waals surface area contributed by atoms with Gasteiger partial charge >= 0.3 is 6.36 Å². The summed E-state index contributed by atoms with van der Waals surface area (Å²) in [7, 11) is 1.48. The molecule has 2 rings (SSSR count). The van der Waals surface area contributed by atoms with Gasteiger partial charge in [-0.25, -0.2) is 0 Å². The number of carbonyl (C=O) groups excluding carboxylic acids is 1. The van der Waals surface area contributed by atoms with E-state index in [2.05, 4.69) is 4.74 Å². The average molecular weight is 410 g/mol. The molecule has 2 aromatic carbocycles. The fourth-order valence-corrected chi connectivity index (χ4v) is 2.54. The summed E-state index contributed by atoms with van der Waals surface area (Å²) in [4.78, 5) is 12.3. The van der Waals surface area contributed by atoms with E-state index >= 15 is 0 Å². The monoisotopic (exact) mass is 410 g/mol. The largest absolute Gasteiger partial charge is 0.573 e. The molecular formula is C21H21F3O5. The summed E-state index contributed by atoms with van der Waals surface area (Å²) in [5.41, 5.74) is 1.66. The minimum atomic E-state index is -4.75. The maximum Gasteiger partial charge on any atom is 0.573 e. The van der Waals surface area contributed by atoms with Gasteiger partial charge in [0.05, 0.1) is 19.8 Å². The van der Waals surface area contributed by atoms with Crippen LogP contribution in [0, 0.1) is 0 Å². The van der Waals surface area contributed by atoms with E-state index in [0.29, 0.717) is 22.4 Å². The van der Waals surface area contributed by atoms with Crippen LogP contribution in [0.25, 0.3) is 12.2 Å².